The molecule has 0 saturated carbocycles. The molecule has 0 unspecified atom stereocenters. The molecule has 0 aliphatic rings. The van der Waals surface area contributed by atoms with Crippen LogP contribution in [0, 0.1) is 0 Å². The van der Waals surface area contributed by atoms with Crippen molar-refractivity contribution in [2.45, 2.75) is 0 Å². The van der Waals surface area contributed by atoms with Crippen LogP contribution in [0.25, 0.3) is 94.9 Å². The van der Waals surface area contributed by atoms with Crippen molar-refractivity contribution < 1.29 is 4.42 Å². The number of para-hydroxylation sites is 1. The Hall–Kier alpha value is -6.92. The Bertz CT molecular complexity index is 2800. The van der Waals surface area contributed by atoms with E-state index in [-0.39, 0.29) is 0 Å². The number of benzene rings is 6. The zero-order valence-electron chi connectivity index (χ0n) is 26.7. The molecule has 0 aliphatic heterocycles. The van der Waals surface area contributed by atoms with E-state index >= 15 is 0 Å². The van der Waals surface area contributed by atoms with Crippen LogP contribution in [0.4, 0.5) is 0 Å². The van der Waals surface area contributed by atoms with Crippen LogP contribution in [0.5, 0.6) is 0 Å². The summed E-state index contributed by atoms with van der Waals surface area (Å²) in [5, 5.41) is 3.15. The first-order valence-corrected chi connectivity index (χ1v) is 16.6. The summed E-state index contributed by atoms with van der Waals surface area (Å²) in [5.41, 5.74) is 10.9. The smallest absolute Gasteiger partial charge is 0.164 e. The number of hydrogen-bond acceptors (Lipinski definition) is 5. The molecule has 4 heterocycles. The predicted octanol–water partition coefficient (Wildman–Crippen LogP) is 10.9. The van der Waals surface area contributed by atoms with Crippen LogP contribution in [-0.4, -0.2) is 24.5 Å². The van der Waals surface area contributed by atoms with E-state index in [2.05, 4.69) is 77.4 Å². The third kappa shape index (κ3) is 4.65. The minimum absolute atomic E-state index is 0.609. The van der Waals surface area contributed by atoms with Crippen molar-refractivity contribution in [2.24, 2.45) is 0 Å². The van der Waals surface area contributed by atoms with Crippen molar-refractivity contribution >= 4 is 43.9 Å². The SMILES string of the molecule is c1ccc(-c2nc(-c3ccccc3)nc(-c3ccc4oc5ccc(-c6ccc7c(c6)c6ncccc6n7-c6ccccc6)cc5c4c3)n2)cc1. The molecule has 10 rings (SSSR count). The maximum absolute atomic E-state index is 6.33. The van der Waals surface area contributed by atoms with Crippen molar-refractivity contribution in [3.05, 3.63) is 164 Å². The minimum atomic E-state index is 0.609. The van der Waals surface area contributed by atoms with Gasteiger partial charge in [0.25, 0.3) is 0 Å². The van der Waals surface area contributed by atoms with Gasteiger partial charge in [-0.1, -0.05) is 91.0 Å². The number of fused-ring (bicyclic) bond motifs is 6. The highest BCUT2D eigenvalue weighted by Gasteiger charge is 2.17. The van der Waals surface area contributed by atoms with Crippen LogP contribution in [0.1, 0.15) is 0 Å². The number of furan rings is 1. The lowest BCUT2D eigenvalue weighted by atomic mass is 10.0. The van der Waals surface area contributed by atoms with E-state index in [0.29, 0.717) is 17.5 Å². The van der Waals surface area contributed by atoms with Gasteiger partial charge in [0, 0.05) is 44.7 Å². The molecule has 0 fully saturated rings. The summed E-state index contributed by atoms with van der Waals surface area (Å²) in [6.07, 6.45) is 1.86. The summed E-state index contributed by atoms with van der Waals surface area (Å²) < 4.78 is 8.62. The van der Waals surface area contributed by atoms with E-state index < -0.39 is 0 Å². The Morgan fingerprint density at radius 3 is 1.56 bits per heavy atom. The second-order valence-electron chi connectivity index (χ2n) is 12.3. The van der Waals surface area contributed by atoms with Gasteiger partial charge in [0.15, 0.2) is 17.5 Å². The monoisotopic (exact) mass is 641 g/mol. The Morgan fingerprint density at radius 1 is 0.400 bits per heavy atom. The average molecular weight is 642 g/mol. The van der Waals surface area contributed by atoms with Crippen LogP contribution in [0.2, 0.25) is 0 Å². The average Bonchev–Trinajstić information content (AvgIpc) is 3.73. The van der Waals surface area contributed by atoms with Gasteiger partial charge in [0.05, 0.1) is 16.6 Å². The van der Waals surface area contributed by atoms with E-state index in [1.165, 1.54) is 0 Å². The zero-order valence-corrected chi connectivity index (χ0v) is 26.7. The van der Waals surface area contributed by atoms with Crippen molar-refractivity contribution in [1.82, 2.24) is 24.5 Å². The molecule has 0 saturated heterocycles. The maximum Gasteiger partial charge on any atom is 0.164 e. The molecule has 4 aromatic heterocycles. The van der Waals surface area contributed by atoms with Crippen LogP contribution >= 0.6 is 0 Å². The summed E-state index contributed by atoms with van der Waals surface area (Å²) >= 11 is 0. The second-order valence-corrected chi connectivity index (χ2v) is 12.3. The third-order valence-electron chi connectivity index (χ3n) is 9.29. The molecule has 0 aliphatic carbocycles. The highest BCUT2D eigenvalue weighted by atomic mass is 16.3. The summed E-state index contributed by atoms with van der Waals surface area (Å²) in [7, 11) is 0. The van der Waals surface area contributed by atoms with Crippen LogP contribution in [0.15, 0.2) is 168 Å². The first kappa shape index (κ1) is 28.1. The van der Waals surface area contributed by atoms with Gasteiger partial charge in [-0.3, -0.25) is 4.98 Å². The van der Waals surface area contributed by atoms with E-state index in [4.69, 9.17) is 24.4 Å². The highest BCUT2D eigenvalue weighted by molar-refractivity contribution is 6.10. The molecular weight excluding hydrogens is 615 g/mol. The molecule has 0 spiro atoms. The van der Waals surface area contributed by atoms with Gasteiger partial charge in [-0.15, -0.1) is 0 Å². The van der Waals surface area contributed by atoms with Crippen molar-refractivity contribution in [1.29, 1.82) is 0 Å². The van der Waals surface area contributed by atoms with Gasteiger partial charge in [-0.2, -0.15) is 0 Å². The van der Waals surface area contributed by atoms with Gasteiger partial charge in [0.1, 0.15) is 11.2 Å². The Balaban J connectivity index is 1.11. The van der Waals surface area contributed by atoms with E-state index in [1.54, 1.807) is 0 Å². The molecule has 50 heavy (non-hydrogen) atoms. The van der Waals surface area contributed by atoms with Crippen molar-refractivity contribution in [2.75, 3.05) is 0 Å². The lowest BCUT2D eigenvalue weighted by Crippen LogP contribution is -2.00. The third-order valence-corrected chi connectivity index (χ3v) is 9.29. The number of pyridine rings is 1. The Labute approximate surface area is 287 Å². The normalized spacial score (nSPS) is 11.6. The van der Waals surface area contributed by atoms with Crippen LogP contribution < -0.4 is 0 Å². The summed E-state index contributed by atoms with van der Waals surface area (Å²) in [4.78, 5) is 19.6. The van der Waals surface area contributed by atoms with Gasteiger partial charge in [-0.05, 0) is 77.9 Å². The zero-order chi connectivity index (χ0) is 33.0. The fourth-order valence-electron chi connectivity index (χ4n) is 6.90. The number of aromatic nitrogens is 5. The molecule has 6 nitrogen and oxygen atoms in total. The van der Waals surface area contributed by atoms with E-state index in [9.17, 15) is 0 Å². The summed E-state index contributed by atoms with van der Waals surface area (Å²) in [6.45, 7) is 0. The molecule has 0 atom stereocenters. The molecule has 10 aromatic rings. The van der Waals surface area contributed by atoms with Gasteiger partial charge in [0.2, 0.25) is 0 Å². The summed E-state index contributed by atoms with van der Waals surface area (Å²) in [6, 6.07) is 53.8. The fourth-order valence-corrected chi connectivity index (χ4v) is 6.90. The largest absolute Gasteiger partial charge is 0.456 e. The Kier molecular flexibility index (Phi) is 6.39. The topological polar surface area (TPSA) is 69.6 Å². The molecule has 0 N–H and O–H groups in total. The highest BCUT2D eigenvalue weighted by Crippen LogP contribution is 2.38. The predicted molar refractivity (Wildman–Crippen MR) is 201 cm³/mol. The standard InChI is InChI=1S/C44H27N5O/c1-4-11-28(12-5-1)42-46-43(29-13-6-2-7-14-29)48-44(47-42)32-20-23-40-35(27-32)34-25-31(19-22-39(34)50-40)30-18-21-37-36(26-30)41-38(17-10-24-45-41)49(37)33-15-8-3-9-16-33/h1-27H. The number of hydrogen-bond donors (Lipinski definition) is 0. The molecule has 6 heteroatoms. The minimum Gasteiger partial charge on any atom is -0.456 e. The molecule has 0 radical (unpaired) electrons. The van der Waals surface area contributed by atoms with Gasteiger partial charge >= 0.3 is 0 Å². The van der Waals surface area contributed by atoms with Crippen LogP contribution in [-0.2, 0) is 0 Å². The summed E-state index contributed by atoms with van der Waals surface area (Å²) in [5.74, 6) is 1.87. The lowest BCUT2D eigenvalue weighted by Gasteiger charge is -2.08. The van der Waals surface area contributed by atoms with E-state index in [0.717, 1.165) is 77.4 Å². The Morgan fingerprint density at radius 2 is 0.920 bits per heavy atom. The first-order valence-electron chi connectivity index (χ1n) is 16.6. The van der Waals surface area contributed by atoms with Gasteiger partial charge < -0.3 is 8.98 Å². The fraction of sp³-hybridized carbons (Fsp3) is 0. The maximum atomic E-state index is 6.33. The molecule has 234 valence electrons. The first-order chi connectivity index (χ1) is 24.8. The van der Waals surface area contributed by atoms with Crippen LogP contribution in [0.3, 0.4) is 0 Å². The van der Waals surface area contributed by atoms with Crippen molar-refractivity contribution in [3.63, 3.8) is 0 Å². The number of rotatable bonds is 5. The second kappa shape index (κ2) is 11.4. The molecule has 0 bridgehead atoms. The molecule has 0 amide bonds. The quantitative estimate of drug-likeness (QED) is 0.187. The van der Waals surface area contributed by atoms with Crippen molar-refractivity contribution in [3.8, 4) is 51.0 Å². The molecule has 6 aromatic carbocycles. The van der Waals surface area contributed by atoms with Gasteiger partial charge in [-0.25, -0.2) is 15.0 Å². The number of nitrogens with zero attached hydrogens (tertiary/aromatic N) is 5. The molecular formula is C44H27N5O. The van der Waals surface area contributed by atoms with E-state index in [1.807, 2.05) is 91.1 Å². The lowest BCUT2D eigenvalue weighted by molar-refractivity contribution is 0.669.